The molecule has 0 aliphatic heterocycles. The van der Waals surface area contributed by atoms with Gasteiger partial charge in [0.15, 0.2) is 0 Å². The lowest BCUT2D eigenvalue weighted by molar-refractivity contribution is 0.538. The van der Waals surface area contributed by atoms with Gasteiger partial charge in [-0.3, -0.25) is 0 Å². The van der Waals surface area contributed by atoms with E-state index in [1.165, 1.54) is 5.57 Å². The molecule has 0 aromatic heterocycles. The molecular weight excluding hydrogens is 150 g/mol. The first-order chi connectivity index (χ1) is 5.54. The Hall–Kier alpha value is -0.920. The summed E-state index contributed by atoms with van der Waals surface area (Å²) in [5, 5.41) is 3.04. The summed E-state index contributed by atoms with van der Waals surface area (Å²) in [5.41, 5.74) is 0.679. The molecule has 0 bridgehead atoms. The maximum atomic E-state index is 10.4. The Morgan fingerprint density at radius 1 is 1.58 bits per heavy atom. The highest BCUT2D eigenvalue weighted by Crippen LogP contribution is 2.18. The van der Waals surface area contributed by atoms with E-state index in [0.29, 0.717) is 0 Å². The molecule has 0 spiro atoms. The first-order valence-electron chi connectivity index (χ1n) is 4.15. The topological polar surface area (TPSA) is 29.4 Å². The van der Waals surface area contributed by atoms with Crippen molar-refractivity contribution in [1.29, 1.82) is 0 Å². The Bertz CT molecular complexity index is 182. The Balaban J connectivity index is 3.98. The molecule has 2 heteroatoms. The fourth-order valence-corrected chi connectivity index (χ4v) is 0.838. The smallest absolute Gasteiger partial charge is 0.118 e. The highest BCUT2D eigenvalue weighted by Gasteiger charge is 2.18. The zero-order valence-corrected chi connectivity index (χ0v) is 8.13. The lowest BCUT2D eigenvalue weighted by atomic mass is 9.97. The van der Waals surface area contributed by atoms with Crippen LogP contribution in [0.2, 0.25) is 0 Å². The molecule has 0 saturated carbocycles. The Kier molecular flexibility index (Phi) is 4.49. The molecule has 0 aliphatic carbocycles. The largest absolute Gasteiger partial charge is 0.150 e. The fraction of sp³-hybridized carbons (Fsp3) is 0.600. The number of rotatable bonds is 5. The van der Waals surface area contributed by atoms with E-state index >= 15 is 0 Å². The molecule has 68 valence electrons. The van der Waals surface area contributed by atoms with Crippen LogP contribution in [0.3, 0.4) is 0 Å². The number of hydrogen-bond acceptors (Lipinski definition) is 2. The first-order valence-corrected chi connectivity index (χ1v) is 4.15. The van der Waals surface area contributed by atoms with Crippen molar-refractivity contribution in [1.82, 2.24) is 0 Å². The lowest BCUT2D eigenvalue weighted by Gasteiger charge is -2.14. The van der Waals surface area contributed by atoms with Gasteiger partial charge in [-0.05, 0) is 33.6 Å². The van der Waals surface area contributed by atoms with Crippen molar-refractivity contribution in [3.05, 3.63) is 29.2 Å². The van der Waals surface area contributed by atoms with Crippen LogP contribution in [0.5, 0.6) is 0 Å². The van der Waals surface area contributed by atoms with Crippen molar-refractivity contribution >= 4 is 0 Å². The molecule has 0 radical (unpaired) electrons. The van der Waals surface area contributed by atoms with E-state index in [1.54, 1.807) is 13.0 Å². The minimum absolute atomic E-state index is 0.591. The van der Waals surface area contributed by atoms with E-state index in [4.69, 9.17) is 0 Å². The summed E-state index contributed by atoms with van der Waals surface area (Å²) in [7, 11) is 0. The van der Waals surface area contributed by atoms with E-state index < -0.39 is 5.54 Å². The van der Waals surface area contributed by atoms with Gasteiger partial charge in [-0.1, -0.05) is 22.9 Å². The van der Waals surface area contributed by atoms with Crippen LogP contribution in [-0.2, 0) is 0 Å². The number of nitroso groups, excluding NO2 is 1. The molecule has 1 atom stereocenters. The van der Waals surface area contributed by atoms with Crippen molar-refractivity contribution in [2.45, 2.75) is 39.2 Å². The van der Waals surface area contributed by atoms with Gasteiger partial charge in [0, 0.05) is 0 Å². The summed E-state index contributed by atoms with van der Waals surface area (Å²) in [4.78, 5) is 10.4. The van der Waals surface area contributed by atoms with Gasteiger partial charge < -0.3 is 0 Å². The van der Waals surface area contributed by atoms with Gasteiger partial charge in [-0.15, -0.1) is 11.5 Å². The summed E-state index contributed by atoms with van der Waals surface area (Å²) in [6.45, 7) is 9.47. The normalized spacial score (nSPS) is 14.6. The average Bonchev–Trinajstić information content (AvgIpc) is 2.03. The third-order valence-corrected chi connectivity index (χ3v) is 1.85. The van der Waals surface area contributed by atoms with Gasteiger partial charge in [0.2, 0.25) is 0 Å². The van der Waals surface area contributed by atoms with E-state index in [1.807, 2.05) is 13.8 Å². The third kappa shape index (κ3) is 4.06. The number of nitrogens with zero attached hydrogens (tertiary/aromatic N) is 1. The van der Waals surface area contributed by atoms with E-state index in [0.717, 1.165) is 12.8 Å². The first kappa shape index (κ1) is 11.1. The molecule has 0 fully saturated rings. The van der Waals surface area contributed by atoms with Crippen LogP contribution in [0, 0.1) is 4.91 Å². The molecule has 0 aliphatic rings. The molecule has 0 heterocycles. The van der Waals surface area contributed by atoms with Crippen LogP contribution in [0.25, 0.3) is 0 Å². The standard InChI is InChI=1S/C10H17NO/c1-5-10(4,11-12)8-6-7-9(2)3/h5,7H,1,6,8H2,2-4H3/t10-/m1/s1. The zero-order chi connectivity index (χ0) is 9.61. The highest BCUT2D eigenvalue weighted by molar-refractivity contribution is 5.02. The average molecular weight is 167 g/mol. The van der Waals surface area contributed by atoms with Gasteiger partial charge in [-0.25, -0.2) is 0 Å². The third-order valence-electron chi connectivity index (χ3n) is 1.85. The van der Waals surface area contributed by atoms with Crippen LogP contribution < -0.4 is 0 Å². The number of allylic oxidation sites excluding steroid dienone is 2. The SMILES string of the molecule is C=C[C@](C)(CCC=C(C)C)N=O. The molecule has 0 saturated heterocycles. The van der Waals surface area contributed by atoms with Crippen LogP contribution in [-0.4, -0.2) is 5.54 Å². The summed E-state index contributed by atoms with van der Waals surface area (Å²) in [6.07, 6.45) is 5.34. The monoisotopic (exact) mass is 167 g/mol. The maximum absolute atomic E-state index is 10.4. The molecule has 0 rings (SSSR count). The quantitative estimate of drug-likeness (QED) is 0.455. The molecule has 0 N–H and O–H groups in total. The predicted octanol–water partition coefficient (Wildman–Crippen LogP) is 3.44. The van der Waals surface area contributed by atoms with Crippen molar-refractivity contribution in [3.63, 3.8) is 0 Å². The molecule has 0 aromatic rings. The van der Waals surface area contributed by atoms with Crippen molar-refractivity contribution < 1.29 is 0 Å². The molecular formula is C10H17NO. The summed E-state index contributed by atoms with van der Waals surface area (Å²) in [6, 6.07) is 0. The van der Waals surface area contributed by atoms with Crippen molar-refractivity contribution in [2.24, 2.45) is 5.18 Å². The summed E-state index contributed by atoms with van der Waals surface area (Å²) in [5.74, 6) is 0. The molecule has 0 amide bonds. The second-order valence-electron chi connectivity index (χ2n) is 3.47. The minimum atomic E-state index is -0.591. The minimum Gasteiger partial charge on any atom is -0.150 e. The Morgan fingerprint density at radius 3 is 2.50 bits per heavy atom. The van der Waals surface area contributed by atoms with Gasteiger partial charge >= 0.3 is 0 Å². The Labute approximate surface area is 74.3 Å². The van der Waals surface area contributed by atoms with Crippen LogP contribution in [0.15, 0.2) is 29.5 Å². The van der Waals surface area contributed by atoms with Crippen molar-refractivity contribution in [3.8, 4) is 0 Å². The molecule has 12 heavy (non-hydrogen) atoms. The van der Waals surface area contributed by atoms with Gasteiger partial charge in [0.25, 0.3) is 0 Å². The van der Waals surface area contributed by atoms with Crippen LogP contribution >= 0.6 is 0 Å². The van der Waals surface area contributed by atoms with E-state index in [-0.39, 0.29) is 0 Å². The van der Waals surface area contributed by atoms with Crippen LogP contribution in [0.4, 0.5) is 0 Å². The summed E-state index contributed by atoms with van der Waals surface area (Å²) >= 11 is 0. The van der Waals surface area contributed by atoms with Gasteiger partial charge in [0.05, 0.1) is 0 Å². The fourth-order valence-electron chi connectivity index (χ4n) is 0.838. The Morgan fingerprint density at radius 2 is 2.17 bits per heavy atom. The highest BCUT2D eigenvalue weighted by atomic mass is 16.3. The lowest BCUT2D eigenvalue weighted by Crippen LogP contribution is -2.16. The van der Waals surface area contributed by atoms with E-state index in [9.17, 15) is 4.91 Å². The second-order valence-corrected chi connectivity index (χ2v) is 3.47. The summed E-state index contributed by atoms with van der Waals surface area (Å²) < 4.78 is 0. The maximum Gasteiger partial charge on any atom is 0.118 e. The van der Waals surface area contributed by atoms with Gasteiger partial charge in [0.1, 0.15) is 5.54 Å². The zero-order valence-electron chi connectivity index (χ0n) is 8.13. The molecule has 2 nitrogen and oxygen atoms in total. The number of hydrogen-bond donors (Lipinski definition) is 0. The predicted molar refractivity (Wildman–Crippen MR) is 53.1 cm³/mol. The van der Waals surface area contributed by atoms with Gasteiger partial charge in [-0.2, -0.15) is 0 Å². The van der Waals surface area contributed by atoms with Crippen molar-refractivity contribution in [2.75, 3.05) is 0 Å². The molecule has 0 unspecified atom stereocenters. The van der Waals surface area contributed by atoms with E-state index in [2.05, 4.69) is 17.8 Å². The second kappa shape index (κ2) is 4.86. The molecule has 0 aromatic carbocycles. The van der Waals surface area contributed by atoms with Crippen LogP contribution in [0.1, 0.15) is 33.6 Å².